The number of benzene rings is 1. The number of amides is 1. The Morgan fingerprint density at radius 2 is 2.05 bits per heavy atom. The molecule has 1 aromatic carbocycles. The van der Waals surface area contributed by atoms with Crippen LogP contribution in [0.25, 0.3) is 0 Å². The molecule has 1 amide bonds. The van der Waals surface area contributed by atoms with Crippen LogP contribution in [0.1, 0.15) is 34.8 Å². The number of rotatable bonds is 5. The number of hydrogen-bond acceptors (Lipinski definition) is 3. The van der Waals surface area contributed by atoms with Gasteiger partial charge in [-0.25, -0.2) is 4.98 Å². The second kappa shape index (κ2) is 6.71. The molecule has 0 bridgehead atoms. The minimum atomic E-state index is -0.0655. The van der Waals surface area contributed by atoms with Gasteiger partial charge in [-0.05, 0) is 54.8 Å². The molecule has 1 N–H and O–H groups in total. The third-order valence-electron chi connectivity index (χ3n) is 3.82. The summed E-state index contributed by atoms with van der Waals surface area (Å²) in [6.07, 6.45) is 5.93. The molecule has 0 radical (unpaired) electrons. The third kappa shape index (κ3) is 3.45. The van der Waals surface area contributed by atoms with Gasteiger partial charge in [0.15, 0.2) is 0 Å². The first-order valence-corrected chi connectivity index (χ1v) is 8.84. The van der Waals surface area contributed by atoms with Gasteiger partial charge in [0.2, 0.25) is 0 Å². The number of aromatic nitrogens is 1. The molecule has 3 nitrogen and oxygen atoms in total. The highest BCUT2D eigenvalue weighted by molar-refractivity contribution is 7.98. The predicted molar refractivity (Wildman–Crippen MR) is 90.4 cm³/mol. The Hall–Kier alpha value is -1.52. The SMILES string of the molecule is CSc1ncccc1C(=O)N[C@H](c1ccc(Cl)cc1)C1CC1. The Kier molecular flexibility index (Phi) is 4.69. The summed E-state index contributed by atoms with van der Waals surface area (Å²) in [6.45, 7) is 0. The van der Waals surface area contributed by atoms with Gasteiger partial charge in [0, 0.05) is 11.2 Å². The number of hydrogen-bond donors (Lipinski definition) is 1. The van der Waals surface area contributed by atoms with Gasteiger partial charge >= 0.3 is 0 Å². The molecule has 0 unspecified atom stereocenters. The lowest BCUT2D eigenvalue weighted by atomic mass is 10.0. The van der Waals surface area contributed by atoms with Gasteiger partial charge in [-0.3, -0.25) is 4.79 Å². The van der Waals surface area contributed by atoms with Crippen molar-refractivity contribution in [1.82, 2.24) is 10.3 Å². The van der Waals surface area contributed by atoms with Crippen molar-refractivity contribution in [2.75, 3.05) is 6.26 Å². The molecule has 1 saturated carbocycles. The maximum atomic E-state index is 12.6. The number of nitrogens with zero attached hydrogens (tertiary/aromatic N) is 1. The van der Waals surface area contributed by atoms with Crippen LogP contribution in [0, 0.1) is 5.92 Å². The number of carbonyl (C=O) groups is 1. The Balaban J connectivity index is 1.82. The summed E-state index contributed by atoms with van der Waals surface area (Å²) in [4.78, 5) is 16.9. The summed E-state index contributed by atoms with van der Waals surface area (Å²) < 4.78 is 0. The Morgan fingerprint density at radius 3 is 2.68 bits per heavy atom. The van der Waals surface area contributed by atoms with Crippen molar-refractivity contribution in [3.05, 3.63) is 58.7 Å². The standard InChI is InChI=1S/C17H17ClN2OS/c1-22-17-14(3-2-10-19-17)16(21)20-15(11-4-5-11)12-6-8-13(18)9-7-12/h2-3,6-11,15H,4-5H2,1H3,(H,20,21)/t15-/m0/s1. The average Bonchev–Trinajstić information content (AvgIpc) is 3.38. The highest BCUT2D eigenvalue weighted by Crippen LogP contribution is 2.41. The zero-order valence-electron chi connectivity index (χ0n) is 12.3. The van der Waals surface area contributed by atoms with Crippen LogP contribution in [0.3, 0.4) is 0 Å². The summed E-state index contributed by atoms with van der Waals surface area (Å²) >= 11 is 7.44. The quantitative estimate of drug-likeness (QED) is 0.828. The van der Waals surface area contributed by atoms with Crippen molar-refractivity contribution in [3.8, 4) is 0 Å². The molecular weight excluding hydrogens is 316 g/mol. The van der Waals surface area contributed by atoms with E-state index in [9.17, 15) is 4.79 Å². The number of halogens is 1. The zero-order valence-corrected chi connectivity index (χ0v) is 13.8. The van der Waals surface area contributed by atoms with Gasteiger partial charge < -0.3 is 5.32 Å². The van der Waals surface area contributed by atoms with Crippen LogP contribution >= 0.6 is 23.4 Å². The molecule has 5 heteroatoms. The van der Waals surface area contributed by atoms with E-state index in [2.05, 4.69) is 10.3 Å². The first-order chi connectivity index (χ1) is 10.7. The number of carbonyl (C=O) groups excluding carboxylic acids is 1. The first-order valence-electron chi connectivity index (χ1n) is 7.24. The fourth-order valence-electron chi connectivity index (χ4n) is 2.52. The number of thioether (sulfide) groups is 1. The maximum Gasteiger partial charge on any atom is 0.254 e. The van der Waals surface area contributed by atoms with Crippen molar-refractivity contribution in [2.45, 2.75) is 23.9 Å². The molecule has 1 fully saturated rings. The second-order valence-electron chi connectivity index (χ2n) is 5.40. The smallest absolute Gasteiger partial charge is 0.254 e. The molecular formula is C17H17ClN2OS. The largest absolute Gasteiger partial charge is 0.345 e. The molecule has 22 heavy (non-hydrogen) atoms. The molecule has 2 aromatic rings. The predicted octanol–water partition coefficient (Wildman–Crippen LogP) is 4.34. The minimum absolute atomic E-state index is 0.0414. The lowest BCUT2D eigenvalue weighted by Crippen LogP contribution is -2.30. The molecule has 1 aromatic heterocycles. The van der Waals surface area contributed by atoms with Crippen molar-refractivity contribution in [1.29, 1.82) is 0 Å². The molecule has 1 atom stereocenters. The first kappa shape index (κ1) is 15.4. The summed E-state index contributed by atoms with van der Waals surface area (Å²) in [7, 11) is 0. The van der Waals surface area contributed by atoms with Crippen LogP contribution in [0.2, 0.25) is 5.02 Å². The third-order valence-corrected chi connectivity index (χ3v) is 4.78. The van der Waals surface area contributed by atoms with Crippen LogP contribution in [0.4, 0.5) is 0 Å². The molecule has 0 spiro atoms. The highest BCUT2D eigenvalue weighted by Gasteiger charge is 2.33. The molecule has 1 aliphatic rings. The fraction of sp³-hybridized carbons (Fsp3) is 0.294. The summed E-state index contributed by atoms with van der Waals surface area (Å²) in [5, 5.41) is 4.64. The molecule has 1 heterocycles. The van der Waals surface area contributed by atoms with Crippen LogP contribution in [0.15, 0.2) is 47.6 Å². The van der Waals surface area contributed by atoms with E-state index in [0.29, 0.717) is 16.5 Å². The van der Waals surface area contributed by atoms with Gasteiger partial charge in [-0.2, -0.15) is 0 Å². The Bertz CT molecular complexity index is 671. The van der Waals surface area contributed by atoms with Gasteiger partial charge in [0.05, 0.1) is 11.6 Å². The molecule has 1 aliphatic carbocycles. The van der Waals surface area contributed by atoms with E-state index >= 15 is 0 Å². The van der Waals surface area contributed by atoms with Crippen molar-refractivity contribution < 1.29 is 4.79 Å². The van der Waals surface area contributed by atoms with Crippen molar-refractivity contribution >= 4 is 29.3 Å². The monoisotopic (exact) mass is 332 g/mol. The van der Waals surface area contributed by atoms with Crippen molar-refractivity contribution in [2.24, 2.45) is 5.92 Å². The maximum absolute atomic E-state index is 12.6. The van der Waals surface area contributed by atoms with Gasteiger partial charge in [0.1, 0.15) is 5.03 Å². The summed E-state index contributed by atoms with van der Waals surface area (Å²) in [6, 6.07) is 11.4. The van der Waals surface area contributed by atoms with E-state index in [1.165, 1.54) is 11.8 Å². The van der Waals surface area contributed by atoms with Gasteiger partial charge in [0.25, 0.3) is 5.91 Å². The van der Waals surface area contributed by atoms with E-state index < -0.39 is 0 Å². The van der Waals surface area contributed by atoms with Gasteiger partial charge in [-0.1, -0.05) is 23.7 Å². The molecule has 114 valence electrons. The zero-order chi connectivity index (χ0) is 15.5. The topological polar surface area (TPSA) is 42.0 Å². The van der Waals surface area contributed by atoms with E-state index in [-0.39, 0.29) is 11.9 Å². The summed E-state index contributed by atoms with van der Waals surface area (Å²) in [5.74, 6) is 0.448. The lowest BCUT2D eigenvalue weighted by molar-refractivity contribution is 0.0928. The highest BCUT2D eigenvalue weighted by atomic mass is 35.5. The second-order valence-corrected chi connectivity index (χ2v) is 6.63. The fourth-order valence-corrected chi connectivity index (χ4v) is 3.19. The average molecular weight is 333 g/mol. The van der Waals surface area contributed by atoms with E-state index in [0.717, 1.165) is 23.4 Å². The lowest BCUT2D eigenvalue weighted by Gasteiger charge is -2.19. The number of nitrogens with one attached hydrogen (secondary N) is 1. The van der Waals surface area contributed by atoms with E-state index in [1.54, 1.807) is 12.3 Å². The molecule has 0 saturated heterocycles. The minimum Gasteiger partial charge on any atom is -0.345 e. The van der Waals surface area contributed by atoms with Gasteiger partial charge in [-0.15, -0.1) is 11.8 Å². The molecule has 3 rings (SSSR count). The van der Waals surface area contributed by atoms with Crippen molar-refractivity contribution in [3.63, 3.8) is 0 Å². The van der Waals surface area contributed by atoms with E-state index in [4.69, 9.17) is 11.6 Å². The van der Waals surface area contributed by atoms with Crippen LogP contribution in [0.5, 0.6) is 0 Å². The van der Waals surface area contributed by atoms with Crippen LogP contribution in [-0.4, -0.2) is 17.1 Å². The molecule has 0 aliphatic heterocycles. The van der Waals surface area contributed by atoms with Crippen LogP contribution in [-0.2, 0) is 0 Å². The normalized spacial score (nSPS) is 15.4. The summed E-state index contributed by atoms with van der Waals surface area (Å²) in [5.41, 5.74) is 1.74. The Morgan fingerprint density at radius 1 is 1.32 bits per heavy atom. The number of pyridine rings is 1. The van der Waals surface area contributed by atoms with Crippen LogP contribution < -0.4 is 5.32 Å². The van der Waals surface area contributed by atoms with E-state index in [1.807, 2.05) is 36.6 Å². The Labute approximate surface area is 139 Å².